The van der Waals surface area contributed by atoms with E-state index in [0.717, 1.165) is 0 Å². The number of rotatable bonds is 8. The number of hydrogen-bond acceptors (Lipinski definition) is 5. The third-order valence-corrected chi connectivity index (χ3v) is 8.23. The summed E-state index contributed by atoms with van der Waals surface area (Å²) in [5, 5.41) is 0.0407. The highest BCUT2D eigenvalue weighted by molar-refractivity contribution is 7.93. The maximum atomic E-state index is 13.3. The molecule has 0 aliphatic carbocycles. The second-order valence-corrected chi connectivity index (χ2v) is 10.3. The molecule has 31 heavy (non-hydrogen) atoms. The van der Waals surface area contributed by atoms with Gasteiger partial charge < -0.3 is 4.74 Å². The molecule has 0 bridgehead atoms. The minimum absolute atomic E-state index is 0.0207. The zero-order valence-electron chi connectivity index (χ0n) is 16.8. The zero-order valence-corrected chi connectivity index (χ0v) is 19.2. The predicted octanol–water partition coefficient (Wildman–Crippen LogP) is 4.36. The van der Waals surface area contributed by atoms with Crippen molar-refractivity contribution in [2.75, 3.05) is 22.7 Å². The summed E-state index contributed by atoms with van der Waals surface area (Å²) in [6.45, 7) is 1.91. The van der Waals surface area contributed by atoms with Crippen LogP contribution in [-0.2, 0) is 20.0 Å². The molecule has 0 aromatic heterocycles. The molecule has 1 N–H and O–H groups in total. The van der Waals surface area contributed by atoms with Crippen molar-refractivity contribution in [1.29, 1.82) is 0 Å². The van der Waals surface area contributed by atoms with Crippen LogP contribution in [-0.4, -0.2) is 30.5 Å². The molecule has 3 aromatic carbocycles. The molecule has 0 aliphatic heterocycles. The minimum atomic E-state index is -4.09. The van der Waals surface area contributed by atoms with Crippen LogP contribution in [0, 0.1) is 0 Å². The van der Waals surface area contributed by atoms with Gasteiger partial charge in [0.25, 0.3) is 20.0 Å². The third kappa shape index (κ3) is 4.79. The van der Waals surface area contributed by atoms with Crippen LogP contribution in [0.3, 0.4) is 0 Å². The molecule has 3 aromatic rings. The maximum absolute atomic E-state index is 13.3. The third-order valence-electron chi connectivity index (χ3n) is 4.46. The lowest BCUT2D eigenvalue weighted by Crippen LogP contribution is -2.30. The first-order valence-corrected chi connectivity index (χ1v) is 12.5. The standard InChI is InChI=1S/C21H21ClN2O5S2/c1-3-24(16-9-5-4-6-10-16)31(27,28)17-13-14-20(29-2)19(15-17)23-30(25,26)21-12-8-7-11-18(21)22/h4-15,23H,3H2,1-2H3. The van der Waals surface area contributed by atoms with E-state index in [0.29, 0.717) is 5.69 Å². The van der Waals surface area contributed by atoms with Gasteiger partial charge in [-0.2, -0.15) is 0 Å². The van der Waals surface area contributed by atoms with Crippen molar-refractivity contribution in [1.82, 2.24) is 0 Å². The van der Waals surface area contributed by atoms with E-state index in [2.05, 4.69) is 4.72 Å². The fourth-order valence-electron chi connectivity index (χ4n) is 3.00. The minimum Gasteiger partial charge on any atom is -0.495 e. The summed E-state index contributed by atoms with van der Waals surface area (Å²) in [6, 6.07) is 18.6. The smallest absolute Gasteiger partial charge is 0.264 e. The molecule has 10 heteroatoms. The quantitative estimate of drug-likeness (QED) is 0.517. The van der Waals surface area contributed by atoms with E-state index in [1.807, 2.05) is 0 Å². The summed E-state index contributed by atoms with van der Waals surface area (Å²) >= 11 is 6.03. The normalized spacial score (nSPS) is 11.7. The Morgan fingerprint density at radius 3 is 2.19 bits per heavy atom. The zero-order chi connectivity index (χ0) is 22.6. The first-order valence-electron chi connectivity index (χ1n) is 9.24. The Morgan fingerprint density at radius 2 is 1.58 bits per heavy atom. The molecule has 0 radical (unpaired) electrons. The van der Waals surface area contributed by atoms with Gasteiger partial charge in [-0.25, -0.2) is 16.8 Å². The molecule has 0 fully saturated rings. The van der Waals surface area contributed by atoms with Gasteiger partial charge in [-0.3, -0.25) is 9.03 Å². The molecular formula is C21H21ClN2O5S2. The number of halogens is 1. The second kappa shape index (κ2) is 9.17. The lowest BCUT2D eigenvalue weighted by molar-refractivity contribution is 0.416. The summed E-state index contributed by atoms with van der Waals surface area (Å²) in [7, 11) is -6.69. The van der Waals surface area contributed by atoms with Crippen LogP contribution in [0.15, 0.2) is 82.6 Å². The molecule has 164 valence electrons. The number of nitrogens with zero attached hydrogens (tertiary/aromatic N) is 1. The topological polar surface area (TPSA) is 92.8 Å². The monoisotopic (exact) mass is 480 g/mol. The van der Waals surface area contributed by atoms with Crippen LogP contribution < -0.4 is 13.8 Å². The Bertz CT molecular complexity index is 1280. The summed E-state index contributed by atoms with van der Waals surface area (Å²) in [4.78, 5) is -0.220. The van der Waals surface area contributed by atoms with E-state index < -0.39 is 20.0 Å². The van der Waals surface area contributed by atoms with E-state index in [9.17, 15) is 16.8 Å². The second-order valence-electron chi connectivity index (χ2n) is 6.40. The highest BCUT2D eigenvalue weighted by atomic mass is 35.5. The molecular weight excluding hydrogens is 460 g/mol. The van der Waals surface area contributed by atoms with Crippen LogP contribution in [0.5, 0.6) is 5.75 Å². The molecule has 0 saturated carbocycles. The van der Waals surface area contributed by atoms with Crippen LogP contribution in [0.1, 0.15) is 6.92 Å². The fraction of sp³-hybridized carbons (Fsp3) is 0.143. The van der Waals surface area contributed by atoms with Crippen LogP contribution in [0.2, 0.25) is 5.02 Å². The summed E-state index contributed by atoms with van der Waals surface area (Å²) in [5.74, 6) is 0.164. The average molecular weight is 481 g/mol. The Labute approximate surface area is 187 Å². The van der Waals surface area contributed by atoms with Crippen molar-refractivity contribution in [3.05, 3.63) is 77.8 Å². The van der Waals surface area contributed by atoms with Gasteiger partial charge in [0.05, 0.1) is 28.4 Å². The molecule has 0 amide bonds. The summed E-state index contributed by atoms with van der Waals surface area (Å²) < 4.78 is 61.1. The molecule has 7 nitrogen and oxygen atoms in total. The molecule has 0 unspecified atom stereocenters. The summed E-state index contributed by atoms with van der Waals surface area (Å²) in [6.07, 6.45) is 0. The molecule has 0 saturated heterocycles. The van der Waals surface area contributed by atoms with Crippen LogP contribution in [0.25, 0.3) is 0 Å². The van der Waals surface area contributed by atoms with E-state index >= 15 is 0 Å². The Morgan fingerprint density at radius 1 is 0.935 bits per heavy atom. The SMILES string of the molecule is CCN(c1ccccc1)S(=O)(=O)c1ccc(OC)c(NS(=O)(=O)c2ccccc2Cl)c1. The van der Waals surface area contributed by atoms with E-state index in [1.165, 1.54) is 47.8 Å². The van der Waals surface area contributed by atoms with Crippen molar-refractivity contribution in [3.63, 3.8) is 0 Å². The van der Waals surface area contributed by atoms with Gasteiger partial charge in [0.1, 0.15) is 10.6 Å². The number of ether oxygens (including phenoxy) is 1. The van der Waals surface area contributed by atoms with Crippen molar-refractivity contribution in [2.45, 2.75) is 16.7 Å². The first kappa shape index (κ1) is 22.9. The van der Waals surface area contributed by atoms with Gasteiger partial charge in [0.15, 0.2) is 0 Å². The van der Waals surface area contributed by atoms with Gasteiger partial charge in [-0.05, 0) is 49.4 Å². The van der Waals surface area contributed by atoms with Crippen molar-refractivity contribution in [2.24, 2.45) is 0 Å². The lowest BCUT2D eigenvalue weighted by Gasteiger charge is -2.23. The fourth-order valence-corrected chi connectivity index (χ4v) is 6.08. The number of sulfonamides is 2. The van der Waals surface area contributed by atoms with Gasteiger partial charge in [0, 0.05) is 6.54 Å². The molecule has 0 heterocycles. The highest BCUT2D eigenvalue weighted by Crippen LogP contribution is 2.33. The molecule has 3 rings (SSSR count). The maximum Gasteiger partial charge on any atom is 0.264 e. The van der Waals surface area contributed by atoms with Crippen molar-refractivity contribution >= 4 is 43.0 Å². The van der Waals surface area contributed by atoms with Gasteiger partial charge in [-0.15, -0.1) is 0 Å². The average Bonchev–Trinajstić information content (AvgIpc) is 2.74. The van der Waals surface area contributed by atoms with E-state index in [4.69, 9.17) is 16.3 Å². The summed E-state index contributed by atoms with van der Waals surface area (Å²) in [5.41, 5.74) is 0.478. The van der Waals surface area contributed by atoms with E-state index in [1.54, 1.807) is 43.3 Å². The number of hydrogen-bond donors (Lipinski definition) is 1. The van der Waals surface area contributed by atoms with Crippen molar-refractivity contribution < 1.29 is 21.6 Å². The number of anilines is 2. The molecule has 0 spiro atoms. The Hall–Kier alpha value is -2.75. The lowest BCUT2D eigenvalue weighted by atomic mass is 10.3. The van der Waals surface area contributed by atoms with Gasteiger partial charge in [0.2, 0.25) is 0 Å². The van der Waals surface area contributed by atoms with Crippen LogP contribution in [0.4, 0.5) is 11.4 Å². The van der Waals surface area contributed by atoms with E-state index in [-0.39, 0.29) is 32.8 Å². The van der Waals surface area contributed by atoms with Gasteiger partial charge >= 0.3 is 0 Å². The largest absolute Gasteiger partial charge is 0.495 e. The number of para-hydroxylation sites is 1. The van der Waals surface area contributed by atoms with Gasteiger partial charge in [-0.1, -0.05) is 41.9 Å². The Balaban J connectivity index is 2.06. The van der Waals surface area contributed by atoms with Crippen LogP contribution >= 0.6 is 11.6 Å². The number of benzene rings is 3. The predicted molar refractivity (Wildman–Crippen MR) is 122 cm³/mol. The molecule has 0 aliphatic rings. The molecule has 0 atom stereocenters. The first-order chi connectivity index (χ1) is 14.7. The number of methoxy groups -OCH3 is 1. The van der Waals surface area contributed by atoms with Crippen molar-refractivity contribution in [3.8, 4) is 5.75 Å². The Kier molecular flexibility index (Phi) is 6.78. The number of nitrogens with one attached hydrogen (secondary N) is 1. The highest BCUT2D eigenvalue weighted by Gasteiger charge is 2.26.